The lowest BCUT2D eigenvalue weighted by Gasteiger charge is -2.22. The van der Waals surface area contributed by atoms with E-state index in [1.807, 2.05) is 5.38 Å². The van der Waals surface area contributed by atoms with Crippen molar-refractivity contribution in [3.63, 3.8) is 0 Å². The number of hydrogen-bond acceptors (Lipinski definition) is 5. The number of ether oxygens (including phenoxy) is 1. The van der Waals surface area contributed by atoms with Gasteiger partial charge in [-0.25, -0.2) is 4.39 Å². The van der Waals surface area contributed by atoms with E-state index in [9.17, 15) is 18.8 Å². The summed E-state index contributed by atoms with van der Waals surface area (Å²) in [4.78, 5) is 38.4. The van der Waals surface area contributed by atoms with Gasteiger partial charge in [-0.2, -0.15) is 0 Å². The largest absolute Gasteiger partial charge is 0.355 e. The zero-order valence-electron chi connectivity index (χ0n) is 14.3. The van der Waals surface area contributed by atoms with Gasteiger partial charge < -0.3 is 20.3 Å². The molecule has 7 nitrogen and oxygen atoms in total. The molecule has 2 aromatic rings. The molecular weight excluding hydrogens is 373 g/mol. The zero-order chi connectivity index (χ0) is 19.2. The number of thiophene rings is 1. The normalized spacial score (nSPS) is 16.2. The highest BCUT2D eigenvalue weighted by Crippen LogP contribution is 2.17. The minimum Gasteiger partial charge on any atom is -0.355 e. The monoisotopic (exact) mass is 391 g/mol. The predicted molar refractivity (Wildman–Crippen MR) is 96.4 cm³/mol. The van der Waals surface area contributed by atoms with E-state index in [2.05, 4.69) is 10.6 Å². The molecule has 3 amide bonds. The Kier molecular flexibility index (Phi) is 6.15. The van der Waals surface area contributed by atoms with Crippen LogP contribution in [0.25, 0.3) is 0 Å². The number of hydrogen-bond donors (Lipinski definition) is 2. The summed E-state index contributed by atoms with van der Waals surface area (Å²) in [5.41, 5.74) is 0.671. The van der Waals surface area contributed by atoms with Crippen LogP contribution in [0.3, 0.4) is 0 Å². The number of carbonyl (C=O) groups excluding carboxylic acids is 3. The van der Waals surface area contributed by atoms with Gasteiger partial charge in [0.15, 0.2) is 0 Å². The van der Waals surface area contributed by atoms with Gasteiger partial charge in [0.05, 0.1) is 18.0 Å². The molecule has 2 N–H and O–H groups in total. The summed E-state index contributed by atoms with van der Waals surface area (Å²) in [5, 5.41) is 6.74. The van der Waals surface area contributed by atoms with Crippen molar-refractivity contribution in [3.8, 4) is 0 Å². The third kappa shape index (κ3) is 4.89. The third-order valence-electron chi connectivity index (χ3n) is 3.99. The molecule has 9 heteroatoms. The third-order valence-corrected chi connectivity index (χ3v) is 4.85. The van der Waals surface area contributed by atoms with Crippen LogP contribution in [0, 0.1) is 5.82 Å². The number of carbonyl (C=O) groups is 3. The van der Waals surface area contributed by atoms with Gasteiger partial charge in [-0.3, -0.25) is 14.4 Å². The fourth-order valence-corrected chi connectivity index (χ4v) is 3.27. The number of halogens is 1. The lowest BCUT2D eigenvalue weighted by Crippen LogP contribution is -2.47. The highest BCUT2D eigenvalue weighted by Gasteiger charge is 2.31. The van der Waals surface area contributed by atoms with Crippen molar-refractivity contribution in [2.24, 2.45) is 0 Å². The first-order valence-corrected chi connectivity index (χ1v) is 9.19. The lowest BCUT2D eigenvalue weighted by atomic mass is 10.2. The van der Waals surface area contributed by atoms with Gasteiger partial charge in [-0.05, 0) is 29.1 Å². The Balaban J connectivity index is 1.46. The molecule has 142 valence electrons. The fourth-order valence-electron chi connectivity index (χ4n) is 2.59. The predicted octanol–water partition coefficient (Wildman–Crippen LogP) is 1.12. The molecule has 0 radical (unpaired) electrons. The molecule has 0 bridgehead atoms. The Morgan fingerprint density at radius 3 is 2.59 bits per heavy atom. The summed E-state index contributed by atoms with van der Waals surface area (Å²) in [6.45, 7) is 0.915. The van der Waals surface area contributed by atoms with Crippen LogP contribution >= 0.6 is 11.3 Å². The van der Waals surface area contributed by atoms with Crippen molar-refractivity contribution in [1.29, 1.82) is 0 Å². The second-order valence-electron chi connectivity index (χ2n) is 5.82. The summed E-state index contributed by atoms with van der Waals surface area (Å²) in [6.07, 6.45) is -0.617. The summed E-state index contributed by atoms with van der Waals surface area (Å²) < 4.78 is 18.3. The number of nitrogens with zero attached hydrogens (tertiary/aromatic N) is 1. The molecule has 1 fully saturated rings. The van der Waals surface area contributed by atoms with E-state index in [0.29, 0.717) is 23.6 Å². The van der Waals surface area contributed by atoms with E-state index in [1.54, 1.807) is 12.1 Å². The maximum atomic E-state index is 12.8. The smallest absolute Gasteiger partial charge is 0.309 e. The topological polar surface area (TPSA) is 87.7 Å². The molecule has 1 atom stereocenters. The average molecular weight is 391 g/mol. The minimum atomic E-state index is -0.823. The summed E-state index contributed by atoms with van der Waals surface area (Å²) in [5.74, 6) is -2.17. The molecule has 2 heterocycles. The Hall–Kier alpha value is -2.78. The number of nitrogens with one attached hydrogen (secondary N) is 2. The van der Waals surface area contributed by atoms with Crippen LogP contribution in [0.2, 0.25) is 0 Å². The van der Waals surface area contributed by atoms with Gasteiger partial charge in [0.2, 0.25) is 0 Å². The second kappa shape index (κ2) is 8.74. The number of benzene rings is 1. The Morgan fingerprint density at radius 2 is 1.89 bits per heavy atom. The Labute approximate surface area is 159 Å². The van der Waals surface area contributed by atoms with E-state index in [-0.39, 0.29) is 24.8 Å². The highest BCUT2D eigenvalue weighted by molar-refractivity contribution is 7.12. The van der Waals surface area contributed by atoms with Crippen LogP contribution < -0.4 is 10.6 Å². The Bertz CT molecular complexity index is 811. The van der Waals surface area contributed by atoms with Crippen LogP contribution in [0.1, 0.15) is 15.2 Å². The summed E-state index contributed by atoms with van der Waals surface area (Å²) in [7, 11) is 0. The van der Waals surface area contributed by atoms with Gasteiger partial charge >= 0.3 is 11.8 Å². The standard InChI is InChI=1S/C18H18FN3O4S/c19-13-5-3-12(4-6-13)10-20-16(23)17(24)21-11-15-22(7-8-26-15)18(25)14-2-1-9-27-14/h1-6,9,15H,7-8,10-11H2,(H,20,23)(H,21,24)/t15-/m1/s1. The quantitative estimate of drug-likeness (QED) is 0.748. The van der Waals surface area contributed by atoms with Gasteiger partial charge in [-0.1, -0.05) is 18.2 Å². The SMILES string of the molecule is O=C(NCc1ccc(F)cc1)C(=O)NC[C@H]1OCCN1C(=O)c1cccs1. The van der Waals surface area contributed by atoms with Crippen molar-refractivity contribution in [2.75, 3.05) is 19.7 Å². The maximum absolute atomic E-state index is 12.8. The van der Waals surface area contributed by atoms with Gasteiger partial charge in [-0.15, -0.1) is 11.3 Å². The molecule has 0 saturated carbocycles. The van der Waals surface area contributed by atoms with Crippen LogP contribution in [-0.4, -0.2) is 48.5 Å². The number of amides is 3. The second-order valence-corrected chi connectivity index (χ2v) is 6.77. The van der Waals surface area contributed by atoms with Crippen molar-refractivity contribution in [2.45, 2.75) is 12.8 Å². The first-order chi connectivity index (χ1) is 13.0. The average Bonchev–Trinajstić information content (AvgIpc) is 3.36. The molecule has 27 heavy (non-hydrogen) atoms. The lowest BCUT2D eigenvalue weighted by molar-refractivity contribution is -0.139. The Morgan fingerprint density at radius 1 is 1.15 bits per heavy atom. The molecule has 3 rings (SSSR count). The van der Waals surface area contributed by atoms with Crippen molar-refractivity contribution in [1.82, 2.24) is 15.5 Å². The first-order valence-electron chi connectivity index (χ1n) is 8.31. The van der Waals surface area contributed by atoms with Crippen LogP contribution in [-0.2, 0) is 20.9 Å². The van der Waals surface area contributed by atoms with E-state index in [1.165, 1.54) is 40.5 Å². The molecule has 0 spiro atoms. The number of rotatable bonds is 5. The fraction of sp³-hybridized carbons (Fsp3) is 0.278. The zero-order valence-corrected chi connectivity index (χ0v) is 15.1. The van der Waals surface area contributed by atoms with E-state index < -0.39 is 18.0 Å². The van der Waals surface area contributed by atoms with Crippen molar-refractivity contribution < 1.29 is 23.5 Å². The molecule has 0 aliphatic carbocycles. The molecule has 0 unspecified atom stereocenters. The minimum absolute atomic E-state index is 0.0138. The van der Waals surface area contributed by atoms with Crippen LogP contribution in [0.5, 0.6) is 0 Å². The maximum Gasteiger partial charge on any atom is 0.309 e. The molecule has 1 aliphatic rings. The highest BCUT2D eigenvalue weighted by atomic mass is 32.1. The van der Waals surface area contributed by atoms with Crippen LogP contribution in [0.4, 0.5) is 4.39 Å². The van der Waals surface area contributed by atoms with Crippen molar-refractivity contribution >= 4 is 29.1 Å². The summed E-state index contributed by atoms with van der Waals surface area (Å²) >= 11 is 1.33. The van der Waals surface area contributed by atoms with Gasteiger partial charge in [0.1, 0.15) is 12.0 Å². The summed E-state index contributed by atoms with van der Waals surface area (Å²) in [6, 6.07) is 9.11. The van der Waals surface area contributed by atoms with E-state index in [0.717, 1.165) is 0 Å². The van der Waals surface area contributed by atoms with E-state index in [4.69, 9.17) is 4.74 Å². The van der Waals surface area contributed by atoms with E-state index >= 15 is 0 Å². The van der Waals surface area contributed by atoms with Crippen molar-refractivity contribution in [3.05, 3.63) is 58.0 Å². The first kappa shape index (κ1) is 19.0. The van der Waals surface area contributed by atoms with Gasteiger partial charge in [0, 0.05) is 13.1 Å². The molecular formula is C18H18FN3O4S. The van der Waals surface area contributed by atoms with Gasteiger partial charge in [0.25, 0.3) is 5.91 Å². The molecule has 1 saturated heterocycles. The molecule has 1 aliphatic heterocycles. The van der Waals surface area contributed by atoms with Crippen LogP contribution in [0.15, 0.2) is 41.8 Å². The molecule has 1 aromatic heterocycles. The molecule has 1 aromatic carbocycles.